The molecular weight excluding hydrogens is 402 g/mol. The van der Waals surface area contributed by atoms with Gasteiger partial charge in [0.25, 0.3) is 0 Å². The number of rotatable bonds is 5. The number of fused-ring (bicyclic) bond motifs is 1. The number of pyridine rings is 1. The number of esters is 1. The minimum absolute atomic E-state index is 0.299. The molecule has 1 N–H and O–H groups in total. The van der Waals surface area contributed by atoms with Crippen molar-refractivity contribution < 1.29 is 19.4 Å². The Balaban J connectivity index is 1.79. The van der Waals surface area contributed by atoms with Crippen LogP contribution in [0.2, 0.25) is 0 Å². The van der Waals surface area contributed by atoms with Crippen LogP contribution in [0.1, 0.15) is 41.9 Å². The van der Waals surface area contributed by atoms with Gasteiger partial charge in [0, 0.05) is 24.2 Å². The van der Waals surface area contributed by atoms with E-state index in [1.165, 1.54) is 4.88 Å². The number of aryl methyl sites for hydroxylation is 1. The average molecular weight is 428 g/mol. The Morgan fingerprint density at radius 2 is 2.03 bits per heavy atom. The Hall–Kier alpha value is -2.87. The van der Waals surface area contributed by atoms with Crippen LogP contribution < -0.4 is 4.90 Å². The summed E-state index contributed by atoms with van der Waals surface area (Å²) in [6, 6.07) is 5.93. The molecule has 0 unspecified atom stereocenters. The average Bonchev–Trinajstić information content (AvgIpc) is 3.34. The van der Waals surface area contributed by atoms with Gasteiger partial charge in [-0.05, 0) is 51.8 Å². The van der Waals surface area contributed by atoms with Crippen molar-refractivity contribution in [1.82, 2.24) is 9.38 Å². The molecule has 0 amide bonds. The highest BCUT2D eigenvalue weighted by Crippen LogP contribution is 2.36. The fraction of sp³-hybridized carbons (Fsp3) is 0.409. The van der Waals surface area contributed by atoms with Crippen molar-refractivity contribution in [3.05, 3.63) is 41.0 Å². The van der Waals surface area contributed by atoms with Crippen molar-refractivity contribution in [2.45, 2.75) is 33.6 Å². The van der Waals surface area contributed by atoms with Crippen LogP contribution in [-0.4, -0.2) is 46.1 Å². The fourth-order valence-electron chi connectivity index (χ4n) is 3.84. The number of nitrogens with zero attached hydrogens (tertiary/aromatic N) is 3. The summed E-state index contributed by atoms with van der Waals surface area (Å²) >= 11 is 1.67. The molecule has 0 aromatic carbocycles. The summed E-state index contributed by atoms with van der Waals surface area (Å²) in [6.07, 6.45) is 4.68. The molecule has 7 nitrogen and oxygen atoms in total. The van der Waals surface area contributed by atoms with Gasteiger partial charge in [-0.15, -0.1) is 11.3 Å². The molecule has 0 aliphatic carbocycles. The lowest BCUT2D eigenvalue weighted by Gasteiger charge is -2.37. The second-order valence-corrected chi connectivity index (χ2v) is 9.22. The lowest BCUT2D eigenvalue weighted by atomic mass is 9.80. The van der Waals surface area contributed by atoms with Gasteiger partial charge in [-0.25, -0.2) is 9.78 Å². The van der Waals surface area contributed by atoms with E-state index in [4.69, 9.17) is 4.74 Å². The van der Waals surface area contributed by atoms with Gasteiger partial charge in [0.15, 0.2) is 5.65 Å². The van der Waals surface area contributed by atoms with Crippen LogP contribution in [0.4, 0.5) is 5.69 Å². The summed E-state index contributed by atoms with van der Waals surface area (Å²) in [5.74, 6) is -1.14. The topological polar surface area (TPSA) is 84.1 Å². The van der Waals surface area contributed by atoms with E-state index in [1.807, 2.05) is 16.7 Å². The molecule has 1 aliphatic heterocycles. The first-order chi connectivity index (χ1) is 14.3. The van der Waals surface area contributed by atoms with Crippen molar-refractivity contribution in [2.24, 2.45) is 5.41 Å². The van der Waals surface area contributed by atoms with E-state index >= 15 is 0 Å². The minimum atomic E-state index is -0.760. The number of carbonyl (C=O) groups excluding carboxylic acids is 1. The number of carbonyl (C=O) groups is 2. The van der Waals surface area contributed by atoms with Crippen LogP contribution in [0.3, 0.4) is 0 Å². The summed E-state index contributed by atoms with van der Waals surface area (Å²) in [6.45, 7) is 7.11. The first-order valence-corrected chi connectivity index (χ1v) is 10.9. The quantitative estimate of drug-likeness (QED) is 0.613. The van der Waals surface area contributed by atoms with E-state index in [0.717, 1.165) is 21.9 Å². The zero-order chi connectivity index (χ0) is 21.5. The summed E-state index contributed by atoms with van der Waals surface area (Å²) in [5, 5.41) is 9.54. The first-order valence-electron chi connectivity index (χ1n) is 10.1. The molecule has 3 aromatic heterocycles. The monoisotopic (exact) mass is 427 g/mol. The molecule has 4 rings (SSSR count). The second kappa shape index (κ2) is 7.75. The summed E-state index contributed by atoms with van der Waals surface area (Å²) in [4.78, 5) is 33.2. The number of ether oxygens (including phenoxy) is 1. The molecule has 4 heterocycles. The molecule has 8 heteroatoms. The zero-order valence-electron chi connectivity index (χ0n) is 17.3. The predicted octanol–water partition coefficient (Wildman–Crippen LogP) is 4.24. The lowest BCUT2D eigenvalue weighted by molar-refractivity contribution is -0.149. The molecule has 1 fully saturated rings. The number of aromatic nitrogens is 2. The maximum atomic E-state index is 12.5. The number of piperidine rings is 1. The molecular formula is C22H25N3O4S. The van der Waals surface area contributed by atoms with Gasteiger partial charge in [-0.3, -0.25) is 9.20 Å². The number of aliphatic carboxylic acids is 1. The van der Waals surface area contributed by atoms with Gasteiger partial charge in [0.1, 0.15) is 0 Å². The van der Waals surface area contributed by atoms with Crippen LogP contribution in [0.25, 0.3) is 16.2 Å². The third-order valence-corrected chi connectivity index (χ3v) is 6.84. The summed E-state index contributed by atoms with van der Waals surface area (Å²) in [5.41, 5.74) is 2.23. The molecule has 30 heavy (non-hydrogen) atoms. The van der Waals surface area contributed by atoms with Gasteiger partial charge in [0.05, 0.1) is 40.0 Å². The van der Waals surface area contributed by atoms with Gasteiger partial charge < -0.3 is 14.7 Å². The Morgan fingerprint density at radius 3 is 2.63 bits per heavy atom. The van der Waals surface area contributed by atoms with E-state index in [9.17, 15) is 14.7 Å². The smallest absolute Gasteiger partial charge is 0.339 e. The Kier molecular flexibility index (Phi) is 5.27. The Morgan fingerprint density at radius 1 is 1.30 bits per heavy atom. The lowest BCUT2D eigenvalue weighted by Crippen LogP contribution is -2.43. The Labute approximate surface area is 178 Å². The standard InChI is InChI=1S/C22H25N3O4S/c1-4-29-20(26)15-11-16(24-9-7-22(3,8-10-24)21(27)28)19-23-12-17(25(19)13-15)18-6-5-14(2)30-18/h5-6,11-13H,4,7-10H2,1-3H3,(H,27,28). The first kappa shape index (κ1) is 20.4. The second-order valence-electron chi connectivity index (χ2n) is 7.93. The van der Waals surface area contributed by atoms with E-state index < -0.39 is 11.4 Å². The number of carboxylic acids is 1. The van der Waals surface area contributed by atoms with Crippen molar-refractivity contribution in [3.63, 3.8) is 0 Å². The van der Waals surface area contributed by atoms with Gasteiger partial charge in [-0.2, -0.15) is 0 Å². The van der Waals surface area contributed by atoms with E-state index in [2.05, 4.69) is 28.9 Å². The van der Waals surface area contributed by atoms with E-state index in [1.54, 1.807) is 31.4 Å². The van der Waals surface area contributed by atoms with Crippen molar-refractivity contribution in [3.8, 4) is 10.6 Å². The molecule has 0 saturated carbocycles. The molecule has 0 atom stereocenters. The highest BCUT2D eigenvalue weighted by atomic mass is 32.1. The summed E-state index contributed by atoms with van der Waals surface area (Å²) in [7, 11) is 0. The molecule has 158 valence electrons. The fourth-order valence-corrected chi connectivity index (χ4v) is 4.71. The SMILES string of the molecule is CCOC(=O)c1cc(N2CCC(C)(C(=O)O)CC2)c2ncc(-c3ccc(C)s3)n2c1. The largest absolute Gasteiger partial charge is 0.481 e. The number of anilines is 1. The van der Waals surface area contributed by atoms with E-state index in [0.29, 0.717) is 38.1 Å². The number of carboxylic acid groups (broad SMARTS) is 1. The van der Waals surface area contributed by atoms with Crippen LogP contribution in [-0.2, 0) is 9.53 Å². The van der Waals surface area contributed by atoms with E-state index in [-0.39, 0.29) is 5.97 Å². The van der Waals surface area contributed by atoms with Crippen LogP contribution in [0.5, 0.6) is 0 Å². The van der Waals surface area contributed by atoms with Crippen molar-refractivity contribution >= 4 is 34.6 Å². The van der Waals surface area contributed by atoms with Crippen LogP contribution in [0, 0.1) is 12.3 Å². The molecule has 1 saturated heterocycles. The third-order valence-electron chi connectivity index (χ3n) is 5.81. The highest BCUT2D eigenvalue weighted by molar-refractivity contribution is 7.15. The number of hydrogen-bond donors (Lipinski definition) is 1. The van der Waals surface area contributed by atoms with Gasteiger partial charge in [-0.1, -0.05) is 0 Å². The predicted molar refractivity (Wildman–Crippen MR) is 116 cm³/mol. The van der Waals surface area contributed by atoms with Gasteiger partial charge >= 0.3 is 11.9 Å². The maximum Gasteiger partial charge on any atom is 0.339 e. The molecule has 0 spiro atoms. The minimum Gasteiger partial charge on any atom is -0.481 e. The normalized spacial score (nSPS) is 16.0. The Bertz CT molecular complexity index is 1110. The molecule has 1 aliphatic rings. The summed E-state index contributed by atoms with van der Waals surface area (Å²) < 4.78 is 7.19. The molecule has 0 bridgehead atoms. The zero-order valence-corrected chi connectivity index (χ0v) is 18.2. The number of thiophene rings is 1. The highest BCUT2D eigenvalue weighted by Gasteiger charge is 2.37. The maximum absolute atomic E-state index is 12.5. The van der Waals surface area contributed by atoms with Crippen LogP contribution >= 0.6 is 11.3 Å². The van der Waals surface area contributed by atoms with Crippen LogP contribution in [0.15, 0.2) is 30.6 Å². The van der Waals surface area contributed by atoms with Gasteiger partial charge in [0.2, 0.25) is 0 Å². The number of hydrogen-bond acceptors (Lipinski definition) is 6. The third kappa shape index (κ3) is 3.56. The number of imidazole rings is 1. The molecule has 0 radical (unpaired) electrons. The molecule has 3 aromatic rings. The van der Waals surface area contributed by atoms with Crippen molar-refractivity contribution in [1.29, 1.82) is 0 Å². The van der Waals surface area contributed by atoms with Crippen molar-refractivity contribution in [2.75, 3.05) is 24.6 Å².